The first-order valence-electron chi connectivity index (χ1n) is 2.13. The van der Waals surface area contributed by atoms with Crippen molar-refractivity contribution in [3.8, 4) is 5.75 Å². The Labute approximate surface area is 67.5 Å². The number of hydrogen-bond donors (Lipinski definition) is 1. The molecule has 0 aliphatic rings. The fourth-order valence-electron chi connectivity index (χ4n) is 0.428. The topological polar surface area (TPSA) is 20.2 Å². The van der Waals surface area contributed by atoms with Crippen molar-refractivity contribution in [3.05, 3.63) is 30.3 Å². The van der Waals surface area contributed by atoms with E-state index in [0.29, 0.717) is 5.75 Å². The third-order valence-corrected chi connectivity index (χ3v) is 0.756. The molecule has 1 aromatic carbocycles. The summed E-state index contributed by atoms with van der Waals surface area (Å²) in [5.74, 6) is 0.322. The number of aromatic hydroxyl groups is 1. The summed E-state index contributed by atoms with van der Waals surface area (Å²) in [5.41, 5.74) is 0. The smallest absolute Gasteiger partial charge is 1.00 e. The van der Waals surface area contributed by atoms with Gasteiger partial charge >= 0.3 is 23.1 Å². The summed E-state index contributed by atoms with van der Waals surface area (Å²) >= 11 is 0. The number of para-hydroxylation sites is 1. The first-order valence-corrected chi connectivity index (χ1v) is 2.13. The maximum absolute atomic E-state index is 8.63. The van der Waals surface area contributed by atoms with Crippen molar-refractivity contribution in [1.29, 1.82) is 0 Å². The minimum absolute atomic E-state index is 0. The van der Waals surface area contributed by atoms with E-state index in [2.05, 4.69) is 0 Å². The van der Waals surface area contributed by atoms with Crippen molar-refractivity contribution in [2.24, 2.45) is 0 Å². The molecule has 8 heavy (non-hydrogen) atoms. The molecular formula is C6H8MgO. The fourth-order valence-corrected chi connectivity index (χ4v) is 0.428. The molecule has 0 aromatic heterocycles. The second-order valence-electron chi connectivity index (χ2n) is 1.34. The summed E-state index contributed by atoms with van der Waals surface area (Å²) in [5, 5.41) is 8.63. The first-order chi connectivity index (χ1) is 3.39. The van der Waals surface area contributed by atoms with Crippen LogP contribution in [0.3, 0.4) is 0 Å². The zero-order valence-electron chi connectivity index (χ0n) is 6.54. The van der Waals surface area contributed by atoms with E-state index in [9.17, 15) is 0 Å². The normalized spacial score (nSPS) is 7.50. The summed E-state index contributed by atoms with van der Waals surface area (Å²) in [6.07, 6.45) is 0. The molecule has 40 valence electrons. The molecule has 0 saturated heterocycles. The van der Waals surface area contributed by atoms with Gasteiger partial charge in [0.25, 0.3) is 0 Å². The number of hydrogen-bond acceptors (Lipinski definition) is 1. The van der Waals surface area contributed by atoms with E-state index in [-0.39, 0.29) is 25.9 Å². The minimum Gasteiger partial charge on any atom is -1.00 e. The van der Waals surface area contributed by atoms with Gasteiger partial charge in [0.15, 0.2) is 0 Å². The molecule has 0 bridgehead atoms. The monoisotopic (exact) mass is 120 g/mol. The molecule has 1 nitrogen and oxygen atoms in total. The van der Waals surface area contributed by atoms with E-state index >= 15 is 0 Å². The van der Waals surface area contributed by atoms with Gasteiger partial charge in [0.1, 0.15) is 5.75 Å². The van der Waals surface area contributed by atoms with Gasteiger partial charge in [-0.15, -0.1) is 0 Å². The van der Waals surface area contributed by atoms with Gasteiger partial charge in [0, 0.05) is 0 Å². The SMILES string of the molecule is Oc1ccccc1.[H-].[H-].[Mg+2]. The number of phenols is 1. The predicted octanol–water partition coefficient (Wildman–Crippen LogP) is 1.24. The first kappa shape index (κ1) is 7.79. The van der Waals surface area contributed by atoms with Crippen LogP contribution in [0.25, 0.3) is 0 Å². The number of phenolic OH excluding ortho intramolecular Hbond substituents is 1. The molecule has 0 fully saturated rings. The van der Waals surface area contributed by atoms with E-state index in [0.717, 1.165) is 0 Å². The fraction of sp³-hybridized carbons (Fsp3) is 0. The van der Waals surface area contributed by atoms with Crippen LogP contribution >= 0.6 is 0 Å². The molecule has 0 aliphatic heterocycles. The van der Waals surface area contributed by atoms with Gasteiger partial charge in [0.05, 0.1) is 0 Å². The summed E-state index contributed by atoms with van der Waals surface area (Å²) in [6, 6.07) is 8.71. The van der Waals surface area contributed by atoms with Crippen molar-refractivity contribution in [2.45, 2.75) is 0 Å². The zero-order valence-corrected chi connectivity index (χ0v) is 5.96. The van der Waals surface area contributed by atoms with Crippen molar-refractivity contribution >= 4 is 23.1 Å². The average molecular weight is 120 g/mol. The Bertz CT molecular complexity index is 146. The maximum Gasteiger partial charge on any atom is 2.00 e. The minimum atomic E-state index is 0. The zero-order chi connectivity index (χ0) is 5.11. The summed E-state index contributed by atoms with van der Waals surface area (Å²) < 4.78 is 0. The van der Waals surface area contributed by atoms with Gasteiger partial charge in [-0.05, 0) is 12.1 Å². The molecule has 0 spiro atoms. The van der Waals surface area contributed by atoms with Crippen LogP contribution in [-0.4, -0.2) is 28.2 Å². The van der Waals surface area contributed by atoms with Crippen LogP contribution in [0.2, 0.25) is 0 Å². The van der Waals surface area contributed by atoms with E-state index in [1.165, 1.54) is 0 Å². The van der Waals surface area contributed by atoms with Crippen molar-refractivity contribution in [3.63, 3.8) is 0 Å². The Morgan fingerprint density at radius 2 is 1.62 bits per heavy atom. The van der Waals surface area contributed by atoms with Crippen molar-refractivity contribution < 1.29 is 7.96 Å². The molecule has 1 aromatic rings. The molecule has 0 aliphatic carbocycles. The molecule has 1 rings (SSSR count). The van der Waals surface area contributed by atoms with Gasteiger partial charge in [-0.3, -0.25) is 0 Å². The van der Waals surface area contributed by atoms with E-state index < -0.39 is 0 Å². The molecule has 0 atom stereocenters. The molecule has 0 unspecified atom stereocenters. The van der Waals surface area contributed by atoms with Crippen LogP contribution in [0.5, 0.6) is 5.75 Å². The third kappa shape index (κ3) is 2.19. The van der Waals surface area contributed by atoms with Gasteiger partial charge in [0.2, 0.25) is 0 Å². The Morgan fingerprint density at radius 1 is 1.12 bits per heavy atom. The molecule has 1 N–H and O–H groups in total. The summed E-state index contributed by atoms with van der Waals surface area (Å²) in [4.78, 5) is 0. The van der Waals surface area contributed by atoms with Crippen molar-refractivity contribution in [1.82, 2.24) is 0 Å². The summed E-state index contributed by atoms with van der Waals surface area (Å²) in [6.45, 7) is 0. The van der Waals surface area contributed by atoms with Gasteiger partial charge in [-0.2, -0.15) is 0 Å². The molecule has 0 heterocycles. The van der Waals surface area contributed by atoms with Crippen LogP contribution < -0.4 is 0 Å². The third-order valence-electron chi connectivity index (χ3n) is 0.756. The van der Waals surface area contributed by atoms with E-state index in [1.54, 1.807) is 24.3 Å². The Hall–Kier alpha value is -0.214. The Morgan fingerprint density at radius 3 is 1.88 bits per heavy atom. The van der Waals surface area contributed by atoms with Gasteiger partial charge in [-0.25, -0.2) is 0 Å². The standard InChI is InChI=1S/C6H6O.Mg.2H/c7-6-4-2-1-3-5-6;;;/h1-5,7H;;;/q;+2;2*-1. The van der Waals surface area contributed by atoms with E-state index in [1.807, 2.05) is 6.07 Å². The Kier molecular flexibility index (Phi) is 3.65. The van der Waals surface area contributed by atoms with Crippen LogP contribution in [0.1, 0.15) is 2.85 Å². The molecule has 0 saturated carbocycles. The number of rotatable bonds is 0. The van der Waals surface area contributed by atoms with Crippen LogP contribution in [0, 0.1) is 0 Å². The van der Waals surface area contributed by atoms with Crippen LogP contribution in [0.4, 0.5) is 0 Å². The van der Waals surface area contributed by atoms with Crippen LogP contribution in [0.15, 0.2) is 30.3 Å². The predicted molar refractivity (Wildman–Crippen MR) is 36.1 cm³/mol. The summed E-state index contributed by atoms with van der Waals surface area (Å²) in [7, 11) is 0. The molecule has 0 radical (unpaired) electrons. The molecular weight excluding hydrogens is 112 g/mol. The molecule has 2 heteroatoms. The largest absolute Gasteiger partial charge is 2.00 e. The van der Waals surface area contributed by atoms with Gasteiger partial charge in [-0.1, -0.05) is 18.2 Å². The second-order valence-corrected chi connectivity index (χ2v) is 1.34. The maximum atomic E-state index is 8.63. The van der Waals surface area contributed by atoms with Gasteiger partial charge < -0.3 is 7.96 Å². The average Bonchev–Trinajstić information content (AvgIpc) is 1.69. The Balaban J connectivity index is -0.000000163. The second kappa shape index (κ2) is 3.75. The van der Waals surface area contributed by atoms with E-state index in [4.69, 9.17) is 5.11 Å². The van der Waals surface area contributed by atoms with Crippen LogP contribution in [-0.2, 0) is 0 Å². The quantitative estimate of drug-likeness (QED) is 0.511. The van der Waals surface area contributed by atoms with Crippen molar-refractivity contribution in [2.75, 3.05) is 0 Å². The number of benzene rings is 1. The molecule has 0 amide bonds.